The van der Waals surface area contributed by atoms with Crippen molar-refractivity contribution in [2.75, 3.05) is 31.9 Å². The summed E-state index contributed by atoms with van der Waals surface area (Å²) in [6.45, 7) is 7.50. The van der Waals surface area contributed by atoms with E-state index in [4.69, 9.17) is 15.2 Å². The first-order chi connectivity index (χ1) is 15.3. The number of fused-ring (bicyclic) bond motifs is 1. The van der Waals surface area contributed by atoms with E-state index in [-0.39, 0.29) is 5.91 Å². The van der Waals surface area contributed by atoms with Gasteiger partial charge < -0.3 is 25.4 Å². The molecule has 4 rings (SSSR count). The Labute approximate surface area is 193 Å². The predicted octanol–water partition coefficient (Wildman–Crippen LogP) is 4.51. The second-order valence-corrected chi connectivity index (χ2v) is 8.45. The van der Waals surface area contributed by atoms with E-state index in [2.05, 4.69) is 34.8 Å². The highest BCUT2D eigenvalue weighted by molar-refractivity contribution is 6.99. The van der Waals surface area contributed by atoms with E-state index in [1.807, 2.05) is 18.2 Å². The normalized spacial score (nSPS) is 11.1. The van der Waals surface area contributed by atoms with E-state index in [0.29, 0.717) is 24.6 Å². The molecule has 2 heterocycles. The van der Waals surface area contributed by atoms with Crippen molar-refractivity contribution in [1.82, 2.24) is 13.6 Å². The van der Waals surface area contributed by atoms with Crippen LogP contribution in [0.25, 0.3) is 0 Å². The molecule has 0 radical (unpaired) electrons. The second-order valence-electron chi connectivity index (χ2n) is 7.89. The molecule has 8 nitrogen and oxygen atoms in total. The van der Waals surface area contributed by atoms with E-state index in [0.717, 1.165) is 28.8 Å². The highest BCUT2D eigenvalue weighted by Crippen LogP contribution is 2.32. The predicted molar refractivity (Wildman–Crippen MR) is 129 cm³/mol. The van der Waals surface area contributed by atoms with Crippen LogP contribution in [0.15, 0.2) is 48.7 Å². The lowest BCUT2D eigenvalue weighted by Crippen LogP contribution is -2.21. The zero-order chi connectivity index (χ0) is 23.5. The number of anilines is 2. The van der Waals surface area contributed by atoms with Gasteiger partial charge in [0, 0.05) is 31.9 Å². The number of hydrogen-bond acceptors (Lipinski definition) is 8. The van der Waals surface area contributed by atoms with Crippen molar-refractivity contribution < 1.29 is 14.3 Å². The van der Waals surface area contributed by atoms with Crippen LogP contribution in [-0.2, 0) is 6.54 Å². The molecule has 0 saturated heterocycles. The molecule has 3 aromatic rings. The number of carbonyl (C=O) groups excluding carboxylic acids is 1. The van der Waals surface area contributed by atoms with Crippen LogP contribution in [0, 0.1) is 5.92 Å². The molecule has 0 bridgehead atoms. The number of carbonyl (C=O) groups is 1. The van der Waals surface area contributed by atoms with Crippen molar-refractivity contribution in [3.8, 4) is 11.5 Å². The van der Waals surface area contributed by atoms with Crippen molar-refractivity contribution in [2.24, 2.45) is 5.92 Å². The first kappa shape index (κ1) is 24.9. The van der Waals surface area contributed by atoms with Crippen molar-refractivity contribution in [3.63, 3.8) is 0 Å². The maximum absolute atomic E-state index is 11.4. The molecule has 0 fully saturated rings. The molecule has 1 aromatic heterocycles. The van der Waals surface area contributed by atoms with Gasteiger partial charge in [0.25, 0.3) is 5.91 Å². The number of ether oxygens (including phenoxy) is 2. The lowest BCUT2D eigenvalue weighted by molar-refractivity contribution is 0.0827. The van der Waals surface area contributed by atoms with Gasteiger partial charge in [0.2, 0.25) is 6.79 Å². The van der Waals surface area contributed by atoms with Crippen molar-refractivity contribution in [3.05, 3.63) is 59.8 Å². The van der Waals surface area contributed by atoms with Gasteiger partial charge in [0.1, 0.15) is 0 Å². The van der Waals surface area contributed by atoms with Crippen LogP contribution in [0.4, 0.5) is 11.5 Å². The van der Waals surface area contributed by atoms with Gasteiger partial charge in [0.15, 0.2) is 17.3 Å². The number of benzene rings is 2. The third-order valence-corrected chi connectivity index (χ3v) is 4.29. The van der Waals surface area contributed by atoms with Crippen LogP contribution in [0.5, 0.6) is 11.5 Å². The monoisotopic (exact) mass is 457 g/mol. The lowest BCUT2D eigenvalue weighted by atomic mass is 10.2. The van der Waals surface area contributed by atoms with Crippen LogP contribution < -0.4 is 20.5 Å². The largest absolute Gasteiger partial charge is 0.454 e. The highest BCUT2D eigenvalue weighted by atomic mass is 32.1. The number of nitrogen functional groups attached to an aromatic ring is 1. The fourth-order valence-corrected chi connectivity index (χ4v) is 2.81. The quantitative estimate of drug-likeness (QED) is 0.556. The van der Waals surface area contributed by atoms with Crippen LogP contribution in [-0.4, -0.2) is 40.4 Å². The van der Waals surface area contributed by atoms with Crippen molar-refractivity contribution in [1.29, 1.82) is 0 Å². The molecule has 0 saturated carbocycles. The maximum Gasteiger partial charge on any atom is 0.253 e. The SMILES string of the molecule is CC(C)C.CN(C)C(=O)c1cccc(N)c1.c1cc2c(cc1CNc1cnsn1)OCO2. The molecule has 0 spiro atoms. The molecule has 32 heavy (non-hydrogen) atoms. The van der Waals surface area contributed by atoms with Crippen LogP contribution in [0.1, 0.15) is 36.7 Å². The van der Waals surface area contributed by atoms with Gasteiger partial charge in [-0.15, -0.1) is 0 Å². The molecule has 1 aliphatic heterocycles. The minimum absolute atomic E-state index is 0.0256. The molecule has 1 amide bonds. The van der Waals surface area contributed by atoms with Crippen molar-refractivity contribution >= 4 is 29.1 Å². The molecule has 3 N–H and O–H groups in total. The second kappa shape index (κ2) is 12.5. The topological polar surface area (TPSA) is 103 Å². The van der Waals surface area contributed by atoms with Gasteiger partial charge in [-0.3, -0.25) is 4.79 Å². The first-order valence-corrected chi connectivity index (χ1v) is 11.0. The lowest BCUT2D eigenvalue weighted by Gasteiger charge is -2.09. The number of amides is 1. The fraction of sp³-hybridized carbons (Fsp3) is 0.348. The van der Waals surface area contributed by atoms with E-state index in [1.165, 1.54) is 16.6 Å². The minimum atomic E-state index is -0.0256. The summed E-state index contributed by atoms with van der Waals surface area (Å²) in [6.07, 6.45) is 1.71. The van der Waals surface area contributed by atoms with Crippen LogP contribution in [0.2, 0.25) is 0 Å². The molecular formula is C23H31N5O3S. The third kappa shape index (κ3) is 8.43. The molecular weight excluding hydrogens is 426 g/mol. The highest BCUT2D eigenvalue weighted by Gasteiger charge is 2.13. The minimum Gasteiger partial charge on any atom is -0.454 e. The van der Waals surface area contributed by atoms with E-state index >= 15 is 0 Å². The Hall–Kier alpha value is -3.33. The number of nitrogens with zero attached hydrogens (tertiary/aromatic N) is 3. The van der Waals surface area contributed by atoms with Crippen molar-refractivity contribution in [2.45, 2.75) is 27.3 Å². The van der Waals surface area contributed by atoms with E-state index < -0.39 is 0 Å². The molecule has 2 aromatic carbocycles. The Morgan fingerprint density at radius 1 is 1.16 bits per heavy atom. The Balaban J connectivity index is 0.000000202. The van der Waals surface area contributed by atoms with E-state index in [1.54, 1.807) is 44.6 Å². The van der Waals surface area contributed by atoms with Crippen LogP contribution in [0.3, 0.4) is 0 Å². The smallest absolute Gasteiger partial charge is 0.253 e. The summed E-state index contributed by atoms with van der Waals surface area (Å²) in [6, 6.07) is 12.8. The first-order valence-electron chi connectivity index (χ1n) is 10.2. The summed E-state index contributed by atoms with van der Waals surface area (Å²) in [5, 5.41) is 3.17. The molecule has 9 heteroatoms. The summed E-state index contributed by atoms with van der Waals surface area (Å²) in [4.78, 5) is 12.9. The fourth-order valence-electron chi connectivity index (χ4n) is 2.42. The number of aromatic nitrogens is 2. The Kier molecular flexibility index (Phi) is 9.75. The average Bonchev–Trinajstić information content (AvgIpc) is 3.43. The molecule has 0 unspecified atom stereocenters. The Morgan fingerprint density at radius 2 is 1.88 bits per heavy atom. The molecule has 0 aliphatic carbocycles. The molecule has 172 valence electrons. The summed E-state index contributed by atoms with van der Waals surface area (Å²) >= 11 is 1.19. The number of nitrogens with two attached hydrogens (primary N) is 1. The summed E-state index contributed by atoms with van der Waals surface area (Å²) in [5.74, 6) is 3.21. The number of rotatable bonds is 4. The molecule has 0 atom stereocenters. The van der Waals surface area contributed by atoms with Gasteiger partial charge in [-0.2, -0.15) is 8.75 Å². The van der Waals surface area contributed by atoms with Gasteiger partial charge in [-0.1, -0.05) is 32.9 Å². The Bertz CT molecular complexity index is 975. The zero-order valence-electron chi connectivity index (χ0n) is 19.2. The standard InChI is InChI=1S/C10H9N3O2S.C9H12N2O.C4H10/c1-2-8-9(15-6-14-8)3-7(1)4-11-10-5-12-16-13-10;1-11(2)9(12)7-4-3-5-8(10)6-7;1-4(2)3/h1-3,5H,4,6H2,(H,11,13);3-6H,10H2,1-2H3;4H,1-3H3. The van der Waals surface area contributed by atoms with E-state index in [9.17, 15) is 4.79 Å². The van der Waals surface area contributed by atoms with Gasteiger partial charge >= 0.3 is 0 Å². The maximum atomic E-state index is 11.4. The number of hydrogen-bond donors (Lipinski definition) is 2. The Morgan fingerprint density at radius 3 is 2.50 bits per heavy atom. The average molecular weight is 458 g/mol. The van der Waals surface area contributed by atoms with Gasteiger partial charge in [-0.25, -0.2) is 0 Å². The number of nitrogens with one attached hydrogen (secondary N) is 1. The van der Waals surface area contributed by atoms with Crippen LogP contribution >= 0.6 is 11.7 Å². The third-order valence-electron chi connectivity index (χ3n) is 3.81. The zero-order valence-corrected chi connectivity index (χ0v) is 20.0. The summed E-state index contributed by atoms with van der Waals surface area (Å²) in [7, 11) is 3.43. The van der Waals surface area contributed by atoms with Gasteiger partial charge in [0.05, 0.1) is 17.9 Å². The van der Waals surface area contributed by atoms with Gasteiger partial charge in [-0.05, 0) is 41.8 Å². The summed E-state index contributed by atoms with van der Waals surface area (Å²) in [5.41, 5.74) is 7.89. The summed E-state index contributed by atoms with van der Waals surface area (Å²) < 4.78 is 18.5. The molecule has 1 aliphatic rings.